The summed E-state index contributed by atoms with van der Waals surface area (Å²) < 4.78 is 45.8. The molecule has 4 aromatic rings. The monoisotopic (exact) mass is 443 g/mol. The van der Waals surface area contributed by atoms with Crippen molar-refractivity contribution in [2.45, 2.75) is 43.9 Å². The summed E-state index contributed by atoms with van der Waals surface area (Å²) in [6.45, 7) is 0. The van der Waals surface area contributed by atoms with E-state index in [1.807, 2.05) is 0 Å². The number of imidazole rings is 1. The van der Waals surface area contributed by atoms with Crippen LogP contribution < -0.4 is 10.6 Å². The largest absolute Gasteiger partial charge is 0.443 e. The number of aromatic nitrogens is 3. The Labute approximate surface area is 180 Å². The van der Waals surface area contributed by atoms with E-state index in [9.17, 15) is 18.0 Å². The number of rotatable bonds is 4. The smallest absolute Gasteiger partial charge is 0.434 e. The summed E-state index contributed by atoms with van der Waals surface area (Å²) in [5, 5.41) is 6.39. The molecule has 0 aliphatic heterocycles. The molecular formula is C22H20F3N5O2. The summed E-state index contributed by atoms with van der Waals surface area (Å²) in [5.41, 5.74) is 0.872. The van der Waals surface area contributed by atoms with Crippen molar-refractivity contribution < 1.29 is 22.4 Å². The molecule has 166 valence electrons. The van der Waals surface area contributed by atoms with E-state index >= 15 is 0 Å². The zero-order chi connectivity index (χ0) is 22.3. The first-order valence-corrected chi connectivity index (χ1v) is 10.3. The number of benzene rings is 1. The first-order valence-electron chi connectivity index (χ1n) is 10.3. The van der Waals surface area contributed by atoms with E-state index < -0.39 is 11.9 Å². The minimum absolute atomic E-state index is 0.0135. The highest BCUT2D eigenvalue weighted by atomic mass is 19.4. The van der Waals surface area contributed by atoms with Crippen molar-refractivity contribution in [1.29, 1.82) is 0 Å². The van der Waals surface area contributed by atoms with Crippen LogP contribution in [0, 0.1) is 0 Å². The van der Waals surface area contributed by atoms with Crippen LogP contribution in [0.15, 0.2) is 53.4 Å². The highest BCUT2D eigenvalue weighted by Gasteiger charge is 2.34. The van der Waals surface area contributed by atoms with Crippen LogP contribution in [0.1, 0.15) is 41.7 Å². The number of hydrogen-bond donors (Lipinski definition) is 2. The number of hydrogen-bond acceptors (Lipinski definition) is 5. The Morgan fingerprint density at radius 2 is 1.81 bits per heavy atom. The Hall–Kier alpha value is -3.56. The quantitative estimate of drug-likeness (QED) is 0.480. The van der Waals surface area contributed by atoms with E-state index in [2.05, 4.69) is 20.6 Å². The molecule has 5 rings (SSSR count). The third-order valence-electron chi connectivity index (χ3n) is 5.80. The lowest BCUT2D eigenvalue weighted by molar-refractivity contribution is -0.140. The lowest BCUT2D eigenvalue weighted by Gasteiger charge is -2.30. The van der Waals surface area contributed by atoms with Crippen LogP contribution >= 0.6 is 0 Å². The van der Waals surface area contributed by atoms with Gasteiger partial charge in [0, 0.05) is 18.3 Å². The van der Waals surface area contributed by atoms with Crippen molar-refractivity contribution in [2.24, 2.45) is 0 Å². The molecule has 1 amide bonds. The summed E-state index contributed by atoms with van der Waals surface area (Å²) in [5.74, 6) is 0.363. The van der Waals surface area contributed by atoms with Gasteiger partial charge in [-0.15, -0.1) is 0 Å². The van der Waals surface area contributed by atoms with Gasteiger partial charge < -0.3 is 15.1 Å². The molecule has 1 aliphatic rings. The zero-order valence-electron chi connectivity index (χ0n) is 16.9. The van der Waals surface area contributed by atoms with Gasteiger partial charge in [0.05, 0.1) is 5.56 Å². The summed E-state index contributed by atoms with van der Waals surface area (Å²) in [6.07, 6.45) is 0.885. The van der Waals surface area contributed by atoms with Crippen LogP contribution in [-0.4, -0.2) is 32.4 Å². The molecule has 0 unspecified atom stereocenters. The van der Waals surface area contributed by atoms with Gasteiger partial charge in [-0.05, 0) is 49.9 Å². The Balaban J connectivity index is 1.22. The van der Waals surface area contributed by atoms with Gasteiger partial charge in [-0.3, -0.25) is 9.20 Å². The summed E-state index contributed by atoms with van der Waals surface area (Å²) in [6, 6.07) is 10.3. The van der Waals surface area contributed by atoms with Crippen LogP contribution in [0.25, 0.3) is 16.7 Å². The van der Waals surface area contributed by atoms with Gasteiger partial charge in [0.15, 0.2) is 17.7 Å². The standard InChI is InChI=1S/C22H20F3N5O2/c23-22(24,25)17-11-30-18(5-2-6-19(30)29-17)27-13-7-9-14(10-8-13)28-21(31)15-3-1-4-16-20(15)32-12-26-16/h1-6,11-14,27H,7-10H2,(H,28,31). The van der Waals surface area contributed by atoms with E-state index in [0.29, 0.717) is 22.5 Å². The molecule has 2 N–H and O–H groups in total. The second kappa shape index (κ2) is 7.85. The first-order chi connectivity index (χ1) is 15.4. The maximum Gasteiger partial charge on any atom is 0.434 e. The number of pyridine rings is 1. The van der Waals surface area contributed by atoms with Crippen LogP contribution in [-0.2, 0) is 6.18 Å². The lowest BCUT2D eigenvalue weighted by atomic mass is 9.91. The number of carbonyl (C=O) groups is 1. The Bertz CT molecular complexity index is 1270. The number of oxazole rings is 1. The minimum atomic E-state index is -4.49. The average Bonchev–Trinajstić information content (AvgIpc) is 3.42. The highest BCUT2D eigenvalue weighted by Crippen LogP contribution is 2.30. The molecule has 0 spiro atoms. The Kier molecular flexibility index (Phi) is 4.99. The molecule has 7 nitrogen and oxygen atoms in total. The molecule has 32 heavy (non-hydrogen) atoms. The Morgan fingerprint density at radius 1 is 1.06 bits per heavy atom. The normalized spacial score (nSPS) is 19.3. The number of halogens is 3. The van der Waals surface area contributed by atoms with Crippen LogP contribution in [0.4, 0.5) is 19.0 Å². The van der Waals surface area contributed by atoms with Gasteiger partial charge in [-0.2, -0.15) is 13.2 Å². The van der Waals surface area contributed by atoms with Crippen LogP contribution in [0.2, 0.25) is 0 Å². The third-order valence-corrected chi connectivity index (χ3v) is 5.80. The molecule has 0 saturated heterocycles. The van der Waals surface area contributed by atoms with E-state index in [-0.39, 0.29) is 23.6 Å². The SMILES string of the molecule is O=C(NC1CCC(Nc2cccc3nc(C(F)(F)F)cn23)CC1)c1cccc2ncoc12. The van der Waals surface area contributed by atoms with Gasteiger partial charge >= 0.3 is 6.18 Å². The number of para-hydroxylation sites is 1. The van der Waals surface area contributed by atoms with Gasteiger partial charge in [-0.1, -0.05) is 12.1 Å². The molecule has 1 saturated carbocycles. The number of amides is 1. The number of fused-ring (bicyclic) bond motifs is 2. The number of anilines is 1. The number of alkyl halides is 3. The predicted molar refractivity (Wildman–Crippen MR) is 111 cm³/mol. The average molecular weight is 443 g/mol. The fourth-order valence-corrected chi connectivity index (χ4v) is 4.18. The van der Waals surface area contributed by atoms with E-state index in [4.69, 9.17) is 4.42 Å². The molecule has 3 heterocycles. The van der Waals surface area contributed by atoms with Crippen molar-refractivity contribution in [2.75, 3.05) is 5.32 Å². The third kappa shape index (κ3) is 3.88. The van der Waals surface area contributed by atoms with Gasteiger partial charge in [0.25, 0.3) is 5.91 Å². The molecule has 0 atom stereocenters. The zero-order valence-corrected chi connectivity index (χ0v) is 16.9. The predicted octanol–water partition coefficient (Wildman–Crippen LogP) is 4.65. The van der Waals surface area contributed by atoms with Gasteiger partial charge in [-0.25, -0.2) is 9.97 Å². The van der Waals surface area contributed by atoms with E-state index in [1.54, 1.807) is 36.4 Å². The van der Waals surface area contributed by atoms with Crippen molar-refractivity contribution in [1.82, 2.24) is 19.7 Å². The molecular weight excluding hydrogens is 423 g/mol. The maximum atomic E-state index is 13.0. The van der Waals surface area contributed by atoms with Gasteiger partial charge in [0.2, 0.25) is 0 Å². The molecule has 1 aliphatic carbocycles. The van der Waals surface area contributed by atoms with Crippen molar-refractivity contribution in [3.8, 4) is 0 Å². The molecule has 0 bridgehead atoms. The first kappa shape index (κ1) is 20.3. The molecule has 3 aromatic heterocycles. The summed E-state index contributed by atoms with van der Waals surface area (Å²) >= 11 is 0. The van der Waals surface area contributed by atoms with Crippen LogP contribution in [0.5, 0.6) is 0 Å². The number of carbonyl (C=O) groups excluding carboxylic acids is 1. The molecule has 1 aromatic carbocycles. The fraction of sp³-hybridized carbons (Fsp3) is 0.318. The Morgan fingerprint density at radius 3 is 2.59 bits per heavy atom. The summed E-state index contributed by atoms with van der Waals surface area (Å²) in [4.78, 5) is 20.4. The lowest BCUT2D eigenvalue weighted by Crippen LogP contribution is -2.40. The number of nitrogens with zero attached hydrogens (tertiary/aromatic N) is 3. The molecule has 10 heteroatoms. The molecule has 0 radical (unpaired) electrons. The second-order valence-electron chi connectivity index (χ2n) is 7.94. The van der Waals surface area contributed by atoms with E-state index in [0.717, 1.165) is 31.9 Å². The van der Waals surface area contributed by atoms with Crippen LogP contribution in [0.3, 0.4) is 0 Å². The summed E-state index contributed by atoms with van der Waals surface area (Å²) in [7, 11) is 0. The van der Waals surface area contributed by atoms with Crippen molar-refractivity contribution in [3.63, 3.8) is 0 Å². The maximum absolute atomic E-state index is 13.0. The topological polar surface area (TPSA) is 84.5 Å². The molecule has 1 fully saturated rings. The minimum Gasteiger partial charge on any atom is -0.443 e. The van der Waals surface area contributed by atoms with Crippen molar-refractivity contribution in [3.05, 3.63) is 60.2 Å². The fourth-order valence-electron chi connectivity index (χ4n) is 4.18. The van der Waals surface area contributed by atoms with Crippen molar-refractivity contribution >= 4 is 28.5 Å². The van der Waals surface area contributed by atoms with E-state index in [1.165, 1.54) is 10.8 Å². The second-order valence-corrected chi connectivity index (χ2v) is 7.94. The highest BCUT2D eigenvalue weighted by molar-refractivity contribution is 6.04. The number of nitrogens with one attached hydrogen (secondary N) is 2. The van der Waals surface area contributed by atoms with Gasteiger partial charge in [0.1, 0.15) is 17.0 Å².